The number of anilines is 1. The summed E-state index contributed by atoms with van der Waals surface area (Å²) in [6.07, 6.45) is 5.07. The van der Waals surface area contributed by atoms with Gasteiger partial charge in [-0.15, -0.1) is 0 Å². The molecule has 1 fully saturated rings. The molecule has 0 bridgehead atoms. The van der Waals surface area contributed by atoms with Crippen LogP contribution in [-0.2, 0) is 0 Å². The van der Waals surface area contributed by atoms with Crippen molar-refractivity contribution in [2.24, 2.45) is 0 Å². The molecular weight excluding hydrogens is 372 g/mol. The zero-order valence-corrected chi connectivity index (χ0v) is 16.3. The first-order chi connectivity index (χ1) is 14.0. The molecule has 9 nitrogen and oxygen atoms in total. The first-order valence-corrected chi connectivity index (χ1v) is 9.40. The number of nitrogens with one attached hydrogen (secondary N) is 1. The second-order valence-electron chi connectivity index (χ2n) is 6.86. The molecule has 1 aliphatic rings. The van der Waals surface area contributed by atoms with E-state index in [9.17, 15) is 9.59 Å². The quantitative estimate of drug-likeness (QED) is 0.736. The third-order valence-corrected chi connectivity index (χ3v) is 4.88. The topological polar surface area (TPSA) is 96.5 Å². The van der Waals surface area contributed by atoms with Gasteiger partial charge in [0.1, 0.15) is 11.5 Å². The molecular formula is C20H22N6O3. The van der Waals surface area contributed by atoms with Crippen LogP contribution in [0.5, 0.6) is 0 Å². The van der Waals surface area contributed by atoms with Gasteiger partial charge in [0.2, 0.25) is 0 Å². The average molecular weight is 394 g/mol. The van der Waals surface area contributed by atoms with Gasteiger partial charge in [0, 0.05) is 44.8 Å². The molecule has 29 heavy (non-hydrogen) atoms. The number of hydrogen-bond acceptors (Lipinski definition) is 5. The Labute approximate surface area is 167 Å². The van der Waals surface area contributed by atoms with Crippen molar-refractivity contribution in [2.45, 2.75) is 13.8 Å². The number of furan rings is 1. The maximum absolute atomic E-state index is 12.7. The van der Waals surface area contributed by atoms with E-state index in [1.54, 1.807) is 64.3 Å². The van der Waals surface area contributed by atoms with E-state index in [2.05, 4.69) is 15.4 Å². The maximum atomic E-state index is 12.7. The number of carbonyl (C=O) groups is 2. The highest BCUT2D eigenvalue weighted by Crippen LogP contribution is 2.19. The van der Waals surface area contributed by atoms with E-state index in [1.807, 2.05) is 6.92 Å². The Kier molecular flexibility index (Phi) is 5.03. The molecule has 0 saturated carbocycles. The van der Waals surface area contributed by atoms with Gasteiger partial charge in [0.25, 0.3) is 5.91 Å². The lowest BCUT2D eigenvalue weighted by Crippen LogP contribution is -2.51. The Morgan fingerprint density at radius 3 is 2.48 bits per heavy atom. The molecule has 1 saturated heterocycles. The molecule has 150 valence electrons. The molecule has 3 aromatic rings. The minimum Gasteiger partial charge on any atom is -0.466 e. The summed E-state index contributed by atoms with van der Waals surface area (Å²) in [5.41, 5.74) is 1.16. The molecule has 0 spiro atoms. The third-order valence-electron chi connectivity index (χ3n) is 4.88. The standard InChI is InChI=1S/C20H22N6O3/c1-14-13-16(15(2)29-14)19(27)24-9-11-25(12-10-24)20(28)23-17-5-3-6-21-18(17)26-8-4-7-22-26/h3-8,13H,9-12H2,1-2H3,(H,23,28). The fourth-order valence-electron chi connectivity index (χ4n) is 3.39. The van der Waals surface area contributed by atoms with Crippen LogP contribution in [0.2, 0.25) is 0 Å². The van der Waals surface area contributed by atoms with Crippen LogP contribution < -0.4 is 5.32 Å². The van der Waals surface area contributed by atoms with Crippen LogP contribution >= 0.6 is 0 Å². The fraction of sp³-hybridized carbons (Fsp3) is 0.300. The van der Waals surface area contributed by atoms with E-state index in [0.29, 0.717) is 54.8 Å². The van der Waals surface area contributed by atoms with Crippen molar-refractivity contribution in [3.8, 4) is 5.82 Å². The molecule has 0 aliphatic carbocycles. The SMILES string of the molecule is Cc1cc(C(=O)N2CCN(C(=O)Nc3cccnc3-n3cccn3)CC2)c(C)o1. The van der Waals surface area contributed by atoms with Gasteiger partial charge in [-0.05, 0) is 38.1 Å². The van der Waals surface area contributed by atoms with Gasteiger partial charge >= 0.3 is 6.03 Å². The zero-order chi connectivity index (χ0) is 20.4. The number of carbonyl (C=O) groups excluding carboxylic acids is 2. The molecule has 0 unspecified atom stereocenters. The second-order valence-corrected chi connectivity index (χ2v) is 6.86. The van der Waals surface area contributed by atoms with Gasteiger partial charge in [-0.3, -0.25) is 4.79 Å². The molecule has 4 rings (SSSR count). The number of nitrogens with zero attached hydrogens (tertiary/aromatic N) is 5. The number of hydrogen-bond donors (Lipinski definition) is 1. The summed E-state index contributed by atoms with van der Waals surface area (Å²) in [6, 6.07) is 6.87. The third kappa shape index (κ3) is 3.84. The molecule has 3 aromatic heterocycles. The van der Waals surface area contributed by atoms with Crippen LogP contribution in [0.15, 0.2) is 47.3 Å². The van der Waals surface area contributed by atoms with Crippen LogP contribution in [0.3, 0.4) is 0 Å². The van der Waals surface area contributed by atoms with Gasteiger partial charge in [-0.25, -0.2) is 14.5 Å². The number of amides is 3. The lowest BCUT2D eigenvalue weighted by atomic mass is 10.2. The van der Waals surface area contributed by atoms with Crippen LogP contribution in [-0.4, -0.2) is 62.7 Å². The summed E-state index contributed by atoms with van der Waals surface area (Å²) >= 11 is 0. The molecule has 0 radical (unpaired) electrons. The van der Waals surface area contributed by atoms with Crippen molar-refractivity contribution in [3.05, 3.63) is 59.9 Å². The smallest absolute Gasteiger partial charge is 0.322 e. The lowest BCUT2D eigenvalue weighted by molar-refractivity contribution is 0.0670. The minimum absolute atomic E-state index is 0.0624. The van der Waals surface area contributed by atoms with E-state index in [0.717, 1.165) is 0 Å². The number of aromatic nitrogens is 3. The highest BCUT2D eigenvalue weighted by atomic mass is 16.3. The average Bonchev–Trinajstić information content (AvgIpc) is 3.37. The molecule has 1 aliphatic heterocycles. The van der Waals surface area contributed by atoms with Crippen LogP contribution in [0.1, 0.15) is 21.9 Å². The van der Waals surface area contributed by atoms with E-state index >= 15 is 0 Å². The number of piperazine rings is 1. The van der Waals surface area contributed by atoms with Crippen molar-refractivity contribution in [1.29, 1.82) is 0 Å². The monoisotopic (exact) mass is 394 g/mol. The highest BCUT2D eigenvalue weighted by Gasteiger charge is 2.27. The Morgan fingerprint density at radius 2 is 1.83 bits per heavy atom. The van der Waals surface area contributed by atoms with Crippen molar-refractivity contribution in [1.82, 2.24) is 24.6 Å². The first kappa shape index (κ1) is 18.7. The van der Waals surface area contributed by atoms with Crippen molar-refractivity contribution in [2.75, 3.05) is 31.5 Å². The molecule has 9 heteroatoms. The Balaban J connectivity index is 1.39. The second kappa shape index (κ2) is 7.78. The summed E-state index contributed by atoms with van der Waals surface area (Å²) in [4.78, 5) is 33.2. The van der Waals surface area contributed by atoms with Crippen LogP contribution in [0.4, 0.5) is 10.5 Å². The van der Waals surface area contributed by atoms with Crippen molar-refractivity contribution < 1.29 is 14.0 Å². The Bertz CT molecular complexity index is 1020. The molecule has 3 amide bonds. The van der Waals surface area contributed by atoms with E-state index in [-0.39, 0.29) is 11.9 Å². The Morgan fingerprint density at radius 1 is 1.07 bits per heavy atom. The zero-order valence-electron chi connectivity index (χ0n) is 16.3. The fourth-order valence-corrected chi connectivity index (χ4v) is 3.39. The number of aryl methyl sites for hydroxylation is 2. The first-order valence-electron chi connectivity index (χ1n) is 9.40. The number of rotatable bonds is 3. The molecule has 0 aromatic carbocycles. The van der Waals surface area contributed by atoms with Gasteiger partial charge in [-0.2, -0.15) is 5.10 Å². The van der Waals surface area contributed by atoms with E-state index < -0.39 is 0 Å². The van der Waals surface area contributed by atoms with Crippen LogP contribution in [0.25, 0.3) is 5.82 Å². The molecule has 0 atom stereocenters. The summed E-state index contributed by atoms with van der Waals surface area (Å²) in [7, 11) is 0. The van der Waals surface area contributed by atoms with Crippen LogP contribution in [0, 0.1) is 13.8 Å². The molecule has 4 heterocycles. The highest BCUT2D eigenvalue weighted by molar-refractivity contribution is 5.96. The summed E-state index contributed by atoms with van der Waals surface area (Å²) < 4.78 is 7.06. The summed E-state index contributed by atoms with van der Waals surface area (Å²) in [5, 5.41) is 7.07. The normalized spacial score (nSPS) is 14.1. The van der Waals surface area contributed by atoms with Crippen molar-refractivity contribution in [3.63, 3.8) is 0 Å². The van der Waals surface area contributed by atoms with Gasteiger partial charge in [-0.1, -0.05) is 0 Å². The van der Waals surface area contributed by atoms with E-state index in [1.165, 1.54) is 0 Å². The predicted octanol–water partition coefficient (Wildman–Crippen LogP) is 2.47. The summed E-state index contributed by atoms with van der Waals surface area (Å²) in [6.45, 7) is 5.44. The summed E-state index contributed by atoms with van der Waals surface area (Å²) in [5.74, 6) is 1.82. The number of urea groups is 1. The molecule has 1 N–H and O–H groups in total. The predicted molar refractivity (Wildman–Crippen MR) is 106 cm³/mol. The van der Waals surface area contributed by atoms with E-state index in [4.69, 9.17) is 4.42 Å². The lowest BCUT2D eigenvalue weighted by Gasteiger charge is -2.34. The van der Waals surface area contributed by atoms with Crippen molar-refractivity contribution >= 4 is 17.6 Å². The van der Waals surface area contributed by atoms with Gasteiger partial charge < -0.3 is 19.5 Å². The van der Waals surface area contributed by atoms with Gasteiger partial charge in [0.05, 0.1) is 11.3 Å². The van der Waals surface area contributed by atoms with Gasteiger partial charge in [0.15, 0.2) is 5.82 Å². The largest absolute Gasteiger partial charge is 0.466 e. The maximum Gasteiger partial charge on any atom is 0.322 e. The minimum atomic E-state index is -0.228. The number of pyridine rings is 1. The Hall–Kier alpha value is -3.62.